The second kappa shape index (κ2) is 17.9. The molecule has 3 aromatic rings. The van der Waals surface area contributed by atoms with Crippen molar-refractivity contribution in [2.75, 3.05) is 31.5 Å². The van der Waals surface area contributed by atoms with Crippen molar-refractivity contribution in [3.05, 3.63) is 93.8 Å². The van der Waals surface area contributed by atoms with Gasteiger partial charge < -0.3 is 21.3 Å². The first-order valence-electron chi connectivity index (χ1n) is 16.9. The summed E-state index contributed by atoms with van der Waals surface area (Å²) < 4.78 is 0. The lowest BCUT2D eigenvalue weighted by molar-refractivity contribution is -0.118. The number of anilines is 1. The molecule has 0 saturated heterocycles. The van der Waals surface area contributed by atoms with E-state index in [0.717, 1.165) is 92.8 Å². The predicted molar refractivity (Wildman–Crippen MR) is 193 cm³/mol. The van der Waals surface area contributed by atoms with Crippen molar-refractivity contribution in [1.29, 1.82) is 0 Å². The van der Waals surface area contributed by atoms with Gasteiger partial charge in [0.2, 0.25) is 6.41 Å². The first-order chi connectivity index (χ1) is 23.2. The van der Waals surface area contributed by atoms with E-state index < -0.39 is 0 Å². The molecule has 1 aromatic heterocycles. The van der Waals surface area contributed by atoms with Gasteiger partial charge in [-0.1, -0.05) is 50.6 Å². The van der Waals surface area contributed by atoms with Crippen molar-refractivity contribution in [3.63, 3.8) is 0 Å². The maximum atomic E-state index is 13.1. The van der Waals surface area contributed by atoms with E-state index in [2.05, 4.69) is 45.4 Å². The van der Waals surface area contributed by atoms with E-state index in [9.17, 15) is 14.4 Å². The number of rotatable bonds is 12. The fourth-order valence-corrected chi connectivity index (χ4v) is 5.74. The van der Waals surface area contributed by atoms with Gasteiger partial charge in [-0.2, -0.15) is 0 Å². The third kappa shape index (κ3) is 10.3. The Hall–Kier alpha value is -4.83. The smallest absolute Gasteiger partial charge is 0.255 e. The van der Waals surface area contributed by atoms with Crippen molar-refractivity contribution in [3.8, 4) is 0 Å². The summed E-state index contributed by atoms with van der Waals surface area (Å²) in [5, 5.41) is 5.90. The van der Waals surface area contributed by atoms with Crippen molar-refractivity contribution in [2.24, 2.45) is 10.7 Å². The predicted octanol–water partition coefficient (Wildman–Crippen LogP) is 6.09. The Morgan fingerprint density at radius 2 is 1.71 bits per heavy atom. The molecule has 10 nitrogen and oxygen atoms in total. The quantitative estimate of drug-likeness (QED) is 0.203. The molecule has 2 aliphatic heterocycles. The first kappa shape index (κ1) is 36.0. The number of carbonyl (C=O) groups excluding carboxylic acids is 3. The third-order valence-corrected chi connectivity index (χ3v) is 8.12. The van der Waals surface area contributed by atoms with Gasteiger partial charge in [-0.25, -0.2) is 4.99 Å². The minimum absolute atomic E-state index is 0.0365. The molecule has 0 aliphatic carbocycles. The summed E-state index contributed by atoms with van der Waals surface area (Å²) in [6.45, 7) is 13.1. The number of fused-ring (bicyclic) bond motifs is 2. The number of nitrogens with one attached hydrogen (secondary N) is 2. The average molecular weight is 652 g/mol. The van der Waals surface area contributed by atoms with Crippen molar-refractivity contribution in [1.82, 2.24) is 20.1 Å². The summed E-state index contributed by atoms with van der Waals surface area (Å²) in [5.74, 6) is 0.288. The number of aliphatic imine (C=N–C) groups is 1. The van der Waals surface area contributed by atoms with Crippen LogP contribution in [0.15, 0.2) is 65.3 Å². The Morgan fingerprint density at radius 1 is 0.979 bits per heavy atom. The molecular formula is C38H49N7O3. The SMILES string of the molecule is CCCN(C=O)CCC.CCCNC(=O)c1ccc(CN2CCc3ncc(NC(=O)c4ccc5c(c4)N=C(N)CC(C)=C5)cc3C2)cc1. The van der Waals surface area contributed by atoms with Crippen LogP contribution in [-0.4, -0.2) is 65.0 Å². The molecule has 0 bridgehead atoms. The largest absolute Gasteiger partial charge is 0.387 e. The summed E-state index contributed by atoms with van der Waals surface area (Å²) in [6.07, 6.45) is 9.19. The van der Waals surface area contributed by atoms with Gasteiger partial charge in [-0.15, -0.1) is 0 Å². The Kier molecular flexibility index (Phi) is 13.4. The molecule has 10 heteroatoms. The zero-order valence-electron chi connectivity index (χ0n) is 28.7. The summed E-state index contributed by atoms with van der Waals surface area (Å²) >= 11 is 0. The second-order valence-electron chi connectivity index (χ2n) is 12.4. The van der Waals surface area contributed by atoms with E-state index in [-0.39, 0.29) is 11.8 Å². The first-order valence-corrected chi connectivity index (χ1v) is 16.9. The number of benzene rings is 2. The average Bonchev–Trinajstić information content (AvgIpc) is 3.23. The topological polar surface area (TPSA) is 133 Å². The molecule has 0 saturated carbocycles. The minimum Gasteiger partial charge on any atom is -0.387 e. The van der Waals surface area contributed by atoms with Gasteiger partial charge in [0, 0.05) is 74.5 Å². The van der Waals surface area contributed by atoms with Crippen LogP contribution >= 0.6 is 0 Å². The zero-order chi connectivity index (χ0) is 34.5. The van der Waals surface area contributed by atoms with E-state index in [1.165, 1.54) is 0 Å². The summed E-state index contributed by atoms with van der Waals surface area (Å²) in [6, 6.07) is 15.3. The third-order valence-electron chi connectivity index (χ3n) is 8.12. The van der Waals surface area contributed by atoms with E-state index in [1.54, 1.807) is 23.2 Å². The zero-order valence-corrected chi connectivity index (χ0v) is 28.7. The highest BCUT2D eigenvalue weighted by Gasteiger charge is 2.19. The number of pyridine rings is 1. The molecule has 48 heavy (non-hydrogen) atoms. The normalized spacial score (nSPS) is 13.8. The molecule has 3 heterocycles. The number of amidine groups is 1. The molecule has 0 unspecified atom stereocenters. The Balaban J connectivity index is 0.000000508. The molecule has 0 atom stereocenters. The molecule has 2 aliphatic rings. The van der Waals surface area contributed by atoms with Gasteiger partial charge in [0.05, 0.1) is 17.6 Å². The van der Waals surface area contributed by atoms with Crippen LogP contribution in [0.1, 0.15) is 96.5 Å². The molecule has 3 amide bonds. The van der Waals surface area contributed by atoms with Crippen LogP contribution < -0.4 is 16.4 Å². The number of hydrogen-bond donors (Lipinski definition) is 3. The molecule has 0 fully saturated rings. The standard InChI is InChI=1S/C31H34N6O2.C7H15NO/c1-3-11-33-30(38)22-6-4-21(5-7-22)18-37-12-10-27-25(19-37)15-26(17-34-27)35-31(39)24-9-8-23-13-20(2)14-29(32)36-28(23)16-24;1-3-5-8(7-9)6-4-2/h4-9,13,15-17H,3,10-12,14,18-19H2,1-2H3,(H2,32,36)(H,33,38)(H,35,39);7H,3-6H2,1-2H3. The van der Waals surface area contributed by atoms with Crippen molar-refractivity contribution >= 4 is 41.5 Å². The Labute approximate surface area is 284 Å². The summed E-state index contributed by atoms with van der Waals surface area (Å²) in [5.41, 5.74) is 14.0. The molecule has 5 rings (SSSR count). The molecule has 254 valence electrons. The number of nitrogens with two attached hydrogens (primary N) is 1. The van der Waals surface area contributed by atoms with Crippen molar-refractivity contribution < 1.29 is 14.4 Å². The van der Waals surface area contributed by atoms with E-state index in [1.807, 2.05) is 50.2 Å². The highest BCUT2D eigenvalue weighted by molar-refractivity contribution is 6.05. The van der Waals surface area contributed by atoms with E-state index >= 15 is 0 Å². The Bertz CT molecular complexity index is 1630. The second-order valence-corrected chi connectivity index (χ2v) is 12.4. The van der Waals surface area contributed by atoms with Crippen LogP contribution in [0.3, 0.4) is 0 Å². The van der Waals surface area contributed by atoms with Crippen LogP contribution in [0, 0.1) is 0 Å². The maximum Gasteiger partial charge on any atom is 0.255 e. The van der Waals surface area contributed by atoms with Gasteiger partial charge in [-0.05, 0) is 67.6 Å². The Morgan fingerprint density at radius 3 is 2.40 bits per heavy atom. The van der Waals surface area contributed by atoms with Gasteiger partial charge in [0.25, 0.3) is 11.8 Å². The van der Waals surface area contributed by atoms with E-state index in [4.69, 9.17) is 5.73 Å². The van der Waals surface area contributed by atoms with Crippen LogP contribution in [-0.2, 0) is 24.3 Å². The number of carbonyl (C=O) groups is 3. The number of hydrogen-bond acceptors (Lipinski definition) is 7. The number of nitrogens with zero attached hydrogens (tertiary/aromatic N) is 4. The molecule has 2 aromatic carbocycles. The lowest BCUT2D eigenvalue weighted by Gasteiger charge is -2.28. The van der Waals surface area contributed by atoms with E-state index in [0.29, 0.717) is 41.3 Å². The maximum absolute atomic E-state index is 13.1. The van der Waals surface area contributed by atoms with Gasteiger partial charge >= 0.3 is 0 Å². The highest BCUT2D eigenvalue weighted by Crippen LogP contribution is 2.28. The van der Waals surface area contributed by atoms with Crippen LogP contribution in [0.25, 0.3) is 6.08 Å². The lowest BCUT2D eigenvalue weighted by Crippen LogP contribution is -2.31. The molecule has 0 radical (unpaired) electrons. The fraction of sp³-hybridized carbons (Fsp3) is 0.395. The number of amides is 3. The van der Waals surface area contributed by atoms with Crippen LogP contribution in [0.5, 0.6) is 0 Å². The number of aromatic nitrogens is 1. The van der Waals surface area contributed by atoms with Gasteiger partial charge in [0.15, 0.2) is 0 Å². The lowest BCUT2D eigenvalue weighted by atomic mass is 10.0. The highest BCUT2D eigenvalue weighted by atomic mass is 16.2. The molecular weight excluding hydrogens is 602 g/mol. The molecule has 4 N–H and O–H groups in total. The summed E-state index contributed by atoms with van der Waals surface area (Å²) in [7, 11) is 0. The van der Waals surface area contributed by atoms with Crippen LogP contribution in [0.4, 0.5) is 11.4 Å². The molecule has 0 spiro atoms. The van der Waals surface area contributed by atoms with Gasteiger partial charge in [-0.3, -0.25) is 24.3 Å². The van der Waals surface area contributed by atoms with Crippen LogP contribution in [0.2, 0.25) is 0 Å². The monoisotopic (exact) mass is 651 g/mol. The minimum atomic E-state index is -0.214. The summed E-state index contributed by atoms with van der Waals surface area (Å²) in [4.78, 5) is 48.7. The fourth-order valence-electron chi connectivity index (χ4n) is 5.74. The van der Waals surface area contributed by atoms with Gasteiger partial charge in [0.1, 0.15) is 5.84 Å². The van der Waals surface area contributed by atoms with Crippen molar-refractivity contribution in [2.45, 2.75) is 72.9 Å².